The van der Waals surface area contributed by atoms with Gasteiger partial charge >= 0.3 is 0 Å². The Balaban J connectivity index is 1.82. The molecule has 0 radical (unpaired) electrons. The standard InChI is InChI=1S/C17H20N6/c1-18-13-3-2-6-23(10-13)15-4-5-21-17-16(15)14(9-22-17)12-7-19-11-20-8-12/h4-5,7-9,11,13,18H,2-3,6,10H2,1H3,(H,21,22)/t13-/m0/s1. The number of aromatic amines is 1. The van der Waals surface area contributed by atoms with Crippen LogP contribution in [-0.2, 0) is 0 Å². The van der Waals surface area contributed by atoms with Crippen LogP contribution in [0.5, 0.6) is 0 Å². The number of aromatic nitrogens is 4. The van der Waals surface area contributed by atoms with Crippen LogP contribution in [-0.4, -0.2) is 46.1 Å². The highest BCUT2D eigenvalue weighted by Gasteiger charge is 2.22. The van der Waals surface area contributed by atoms with Gasteiger partial charge in [0.05, 0.1) is 5.39 Å². The van der Waals surface area contributed by atoms with Gasteiger partial charge in [0.1, 0.15) is 12.0 Å². The Morgan fingerprint density at radius 1 is 1.30 bits per heavy atom. The molecular formula is C17H20N6. The lowest BCUT2D eigenvalue weighted by Crippen LogP contribution is -2.44. The lowest BCUT2D eigenvalue weighted by molar-refractivity contribution is 0.450. The van der Waals surface area contributed by atoms with Crippen molar-refractivity contribution >= 4 is 16.7 Å². The third-order valence-electron chi connectivity index (χ3n) is 4.59. The van der Waals surface area contributed by atoms with Gasteiger partial charge in [0.15, 0.2) is 0 Å². The van der Waals surface area contributed by atoms with Gasteiger partial charge in [0, 0.05) is 60.7 Å². The van der Waals surface area contributed by atoms with Crippen molar-refractivity contribution in [1.82, 2.24) is 25.3 Å². The number of rotatable bonds is 3. The molecule has 0 saturated carbocycles. The average Bonchev–Trinajstić information content (AvgIpc) is 3.06. The predicted octanol–water partition coefficient (Wildman–Crippen LogP) is 2.21. The predicted molar refractivity (Wildman–Crippen MR) is 91.4 cm³/mol. The average molecular weight is 308 g/mol. The first-order valence-corrected chi connectivity index (χ1v) is 8.00. The van der Waals surface area contributed by atoms with E-state index < -0.39 is 0 Å². The van der Waals surface area contributed by atoms with Gasteiger partial charge in [-0.2, -0.15) is 0 Å². The van der Waals surface area contributed by atoms with Crippen LogP contribution < -0.4 is 10.2 Å². The number of anilines is 1. The minimum absolute atomic E-state index is 0.536. The minimum atomic E-state index is 0.536. The highest BCUT2D eigenvalue weighted by Crippen LogP contribution is 2.35. The summed E-state index contributed by atoms with van der Waals surface area (Å²) in [4.78, 5) is 18.5. The number of likely N-dealkylation sites (N-methyl/N-ethyl adjacent to an activating group) is 1. The molecule has 1 aliphatic heterocycles. The van der Waals surface area contributed by atoms with Gasteiger partial charge < -0.3 is 15.2 Å². The van der Waals surface area contributed by atoms with Crippen molar-refractivity contribution in [2.24, 2.45) is 0 Å². The van der Waals surface area contributed by atoms with Crippen LogP contribution in [0, 0.1) is 0 Å². The molecular weight excluding hydrogens is 288 g/mol. The van der Waals surface area contributed by atoms with Crippen LogP contribution >= 0.6 is 0 Å². The van der Waals surface area contributed by atoms with Gasteiger partial charge in [0.25, 0.3) is 0 Å². The quantitative estimate of drug-likeness (QED) is 0.776. The molecule has 2 N–H and O–H groups in total. The molecule has 1 saturated heterocycles. The Bertz CT molecular complexity index is 797. The lowest BCUT2D eigenvalue weighted by atomic mass is 10.0. The first kappa shape index (κ1) is 14.1. The first-order chi connectivity index (χ1) is 11.4. The van der Waals surface area contributed by atoms with Crippen LogP contribution in [0.15, 0.2) is 37.2 Å². The molecule has 4 heterocycles. The van der Waals surface area contributed by atoms with Gasteiger partial charge in [-0.25, -0.2) is 15.0 Å². The molecule has 1 aliphatic rings. The third kappa shape index (κ3) is 2.55. The summed E-state index contributed by atoms with van der Waals surface area (Å²) < 4.78 is 0. The smallest absolute Gasteiger partial charge is 0.139 e. The van der Waals surface area contributed by atoms with E-state index in [1.54, 1.807) is 6.33 Å². The fraction of sp³-hybridized carbons (Fsp3) is 0.353. The number of pyridine rings is 1. The van der Waals surface area contributed by atoms with Crippen molar-refractivity contribution in [1.29, 1.82) is 0 Å². The van der Waals surface area contributed by atoms with E-state index in [2.05, 4.69) is 36.2 Å². The summed E-state index contributed by atoms with van der Waals surface area (Å²) in [5.41, 5.74) is 4.26. The molecule has 0 aromatic carbocycles. The topological polar surface area (TPSA) is 69.7 Å². The molecule has 4 rings (SSSR count). The maximum absolute atomic E-state index is 4.48. The second-order valence-electron chi connectivity index (χ2n) is 5.96. The maximum atomic E-state index is 4.48. The van der Waals surface area contributed by atoms with Gasteiger partial charge in [-0.3, -0.25) is 0 Å². The molecule has 6 heteroatoms. The van der Waals surface area contributed by atoms with Crippen molar-refractivity contribution in [3.05, 3.63) is 37.2 Å². The van der Waals surface area contributed by atoms with E-state index in [0.29, 0.717) is 6.04 Å². The number of fused-ring (bicyclic) bond motifs is 1. The molecule has 3 aromatic rings. The SMILES string of the molecule is CN[C@H]1CCCN(c2ccnc3[nH]cc(-c4cncnc4)c23)C1. The van der Waals surface area contributed by atoms with Crippen molar-refractivity contribution in [2.45, 2.75) is 18.9 Å². The summed E-state index contributed by atoms with van der Waals surface area (Å²) in [5, 5.41) is 4.56. The van der Waals surface area contributed by atoms with Crippen molar-refractivity contribution in [3.63, 3.8) is 0 Å². The van der Waals surface area contributed by atoms with Gasteiger partial charge in [-0.1, -0.05) is 0 Å². The Morgan fingerprint density at radius 2 is 2.17 bits per heavy atom. The largest absolute Gasteiger partial charge is 0.369 e. The zero-order valence-corrected chi connectivity index (χ0v) is 13.2. The minimum Gasteiger partial charge on any atom is -0.369 e. The molecule has 6 nitrogen and oxygen atoms in total. The van der Waals surface area contributed by atoms with E-state index >= 15 is 0 Å². The Morgan fingerprint density at radius 3 is 3.00 bits per heavy atom. The summed E-state index contributed by atoms with van der Waals surface area (Å²) in [7, 11) is 2.04. The fourth-order valence-corrected chi connectivity index (χ4v) is 3.40. The molecule has 0 spiro atoms. The summed E-state index contributed by atoms with van der Waals surface area (Å²) in [6, 6.07) is 2.65. The normalized spacial score (nSPS) is 18.5. The van der Waals surface area contributed by atoms with Gasteiger partial charge in [-0.15, -0.1) is 0 Å². The Kier molecular flexibility index (Phi) is 3.67. The summed E-state index contributed by atoms with van der Waals surface area (Å²) in [6.45, 7) is 2.10. The number of nitrogens with zero attached hydrogens (tertiary/aromatic N) is 4. The van der Waals surface area contributed by atoms with Crippen LogP contribution in [0.25, 0.3) is 22.2 Å². The molecule has 3 aromatic heterocycles. The summed E-state index contributed by atoms with van der Waals surface area (Å²) in [5.74, 6) is 0. The number of hydrogen-bond acceptors (Lipinski definition) is 5. The van der Waals surface area contributed by atoms with E-state index in [9.17, 15) is 0 Å². The molecule has 1 atom stereocenters. The van der Waals surface area contributed by atoms with Crippen molar-refractivity contribution in [3.8, 4) is 11.1 Å². The highest BCUT2D eigenvalue weighted by atomic mass is 15.2. The van der Waals surface area contributed by atoms with E-state index in [-0.39, 0.29) is 0 Å². The Hall–Kier alpha value is -2.47. The lowest BCUT2D eigenvalue weighted by Gasteiger charge is -2.34. The molecule has 0 unspecified atom stereocenters. The third-order valence-corrected chi connectivity index (χ3v) is 4.59. The second-order valence-corrected chi connectivity index (χ2v) is 5.96. The zero-order valence-electron chi connectivity index (χ0n) is 13.2. The highest BCUT2D eigenvalue weighted by molar-refractivity contribution is 6.02. The zero-order chi connectivity index (χ0) is 15.6. The monoisotopic (exact) mass is 308 g/mol. The van der Waals surface area contributed by atoms with Gasteiger partial charge in [-0.05, 0) is 26.0 Å². The van der Waals surface area contributed by atoms with Crippen LogP contribution in [0.3, 0.4) is 0 Å². The molecule has 0 bridgehead atoms. The van der Waals surface area contributed by atoms with E-state index in [1.807, 2.05) is 31.8 Å². The number of hydrogen-bond donors (Lipinski definition) is 2. The van der Waals surface area contributed by atoms with Crippen LogP contribution in [0.2, 0.25) is 0 Å². The van der Waals surface area contributed by atoms with Crippen LogP contribution in [0.1, 0.15) is 12.8 Å². The molecule has 1 fully saturated rings. The fourth-order valence-electron chi connectivity index (χ4n) is 3.40. The van der Waals surface area contributed by atoms with E-state index in [1.165, 1.54) is 18.5 Å². The molecule has 0 aliphatic carbocycles. The molecule has 0 amide bonds. The number of H-pyrrole nitrogens is 1. The molecule has 118 valence electrons. The van der Waals surface area contributed by atoms with Gasteiger partial charge in [0.2, 0.25) is 0 Å². The van der Waals surface area contributed by atoms with Crippen molar-refractivity contribution in [2.75, 3.05) is 25.0 Å². The summed E-state index contributed by atoms with van der Waals surface area (Å²) in [6.07, 6.45) is 11.6. The number of nitrogens with one attached hydrogen (secondary N) is 2. The number of piperidine rings is 1. The summed E-state index contributed by atoms with van der Waals surface area (Å²) >= 11 is 0. The Labute approximate surface area is 135 Å². The maximum Gasteiger partial charge on any atom is 0.139 e. The van der Waals surface area contributed by atoms with Crippen molar-refractivity contribution < 1.29 is 0 Å². The first-order valence-electron chi connectivity index (χ1n) is 8.00. The molecule has 23 heavy (non-hydrogen) atoms. The van der Waals surface area contributed by atoms with E-state index in [4.69, 9.17) is 0 Å². The second kappa shape index (κ2) is 5.96. The van der Waals surface area contributed by atoms with E-state index in [0.717, 1.165) is 35.2 Å². The van der Waals surface area contributed by atoms with Crippen LogP contribution in [0.4, 0.5) is 5.69 Å².